The Bertz CT molecular complexity index is 616. The average Bonchev–Trinajstić information content (AvgIpc) is 2.83. The summed E-state index contributed by atoms with van der Waals surface area (Å²) < 4.78 is 6.01. The molecule has 0 atom stereocenters. The topological polar surface area (TPSA) is 25.2 Å². The van der Waals surface area contributed by atoms with Gasteiger partial charge in [0.25, 0.3) is 0 Å². The highest BCUT2D eigenvalue weighted by atomic mass is 35.5. The van der Waals surface area contributed by atoms with Gasteiger partial charge in [0.05, 0.1) is 6.54 Å². The number of rotatable bonds is 4. The molecule has 0 bridgehead atoms. The molecule has 0 radical (unpaired) electrons. The largest absolute Gasteiger partial charge is 0.460 e. The maximum atomic E-state index is 6.19. The number of halogens is 2. The SMILES string of the molecule is Cc1c(Cl)cccc1-c1ccc(CNC2CCCCCC2)o1.Cl. The first-order chi connectivity index (χ1) is 10.7. The van der Waals surface area contributed by atoms with Crippen LogP contribution >= 0.6 is 24.0 Å². The second-order valence-electron chi connectivity index (χ2n) is 6.25. The van der Waals surface area contributed by atoms with Crippen LogP contribution in [0.1, 0.15) is 49.8 Å². The summed E-state index contributed by atoms with van der Waals surface area (Å²) in [5.74, 6) is 1.90. The van der Waals surface area contributed by atoms with Gasteiger partial charge in [0.2, 0.25) is 0 Å². The molecule has 1 aromatic carbocycles. The fourth-order valence-electron chi connectivity index (χ4n) is 3.22. The second kappa shape index (κ2) is 8.77. The Morgan fingerprint density at radius 3 is 2.57 bits per heavy atom. The smallest absolute Gasteiger partial charge is 0.134 e. The van der Waals surface area contributed by atoms with Gasteiger partial charge in [-0.2, -0.15) is 0 Å². The van der Waals surface area contributed by atoms with Crippen molar-refractivity contribution in [2.24, 2.45) is 0 Å². The van der Waals surface area contributed by atoms with Crippen molar-refractivity contribution in [3.8, 4) is 11.3 Å². The molecule has 1 aliphatic rings. The van der Waals surface area contributed by atoms with Crippen molar-refractivity contribution < 1.29 is 4.42 Å². The molecule has 1 aliphatic carbocycles. The first-order valence-corrected chi connectivity index (χ1v) is 8.69. The van der Waals surface area contributed by atoms with Crippen molar-refractivity contribution in [2.45, 2.75) is 58.0 Å². The van der Waals surface area contributed by atoms with Crippen LogP contribution in [0.2, 0.25) is 5.02 Å². The van der Waals surface area contributed by atoms with Crippen molar-refractivity contribution >= 4 is 24.0 Å². The van der Waals surface area contributed by atoms with E-state index in [1.54, 1.807) is 0 Å². The van der Waals surface area contributed by atoms with Crippen molar-refractivity contribution in [3.05, 3.63) is 46.7 Å². The van der Waals surface area contributed by atoms with Crippen molar-refractivity contribution in [2.75, 3.05) is 0 Å². The van der Waals surface area contributed by atoms with Gasteiger partial charge in [0.1, 0.15) is 11.5 Å². The molecular weight excluding hydrogens is 329 g/mol. The van der Waals surface area contributed by atoms with Crippen LogP contribution in [-0.2, 0) is 6.54 Å². The Labute approximate surface area is 150 Å². The molecule has 0 saturated heterocycles. The van der Waals surface area contributed by atoms with E-state index in [2.05, 4.69) is 17.4 Å². The highest BCUT2D eigenvalue weighted by Crippen LogP contribution is 2.29. The van der Waals surface area contributed by atoms with Crippen LogP contribution < -0.4 is 5.32 Å². The highest BCUT2D eigenvalue weighted by Gasteiger charge is 2.13. The molecule has 2 aromatic rings. The summed E-state index contributed by atoms with van der Waals surface area (Å²) in [4.78, 5) is 0. The van der Waals surface area contributed by atoms with Gasteiger partial charge in [-0.05, 0) is 43.5 Å². The van der Waals surface area contributed by atoms with E-state index in [0.717, 1.165) is 34.2 Å². The Morgan fingerprint density at radius 1 is 1.09 bits per heavy atom. The molecular formula is C19H25Cl2NO. The lowest BCUT2D eigenvalue weighted by Gasteiger charge is -2.15. The Morgan fingerprint density at radius 2 is 1.83 bits per heavy atom. The van der Waals surface area contributed by atoms with Gasteiger partial charge in [-0.3, -0.25) is 0 Å². The molecule has 0 amide bonds. The van der Waals surface area contributed by atoms with Crippen LogP contribution in [0.3, 0.4) is 0 Å². The quantitative estimate of drug-likeness (QED) is 0.667. The fourth-order valence-corrected chi connectivity index (χ4v) is 3.40. The zero-order valence-electron chi connectivity index (χ0n) is 13.6. The van der Waals surface area contributed by atoms with Crippen LogP contribution in [0, 0.1) is 6.92 Å². The lowest BCUT2D eigenvalue weighted by atomic mass is 10.1. The number of hydrogen-bond donors (Lipinski definition) is 1. The lowest BCUT2D eigenvalue weighted by molar-refractivity contribution is 0.420. The van der Waals surface area contributed by atoms with E-state index in [9.17, 15) is 0 Å². The summed E-state index contributed by atoms with van der Waals surface area (Å²) in [6.45, 7) is 2.84. The Balaban J connectivity index is 0.00000192. The van der Waals surface area contributed by atoms with Crippen molar-refractivity contribution in [3.63, 3.8) is 0 Å². The summed E-state index contributed by atoms with van der Waals surface area (Å²) in [7, 11) is 0. The van der Waals surface area contributed by atoms with E-state index in [4.69, 9.17) is 16.0 Å². The maximum Gasteiger partial charge on any atom is 0.134 e. The van der Waals surface area contributed by atoms with Gasteiger partial charge in [0.15, 0.2) is 0 Å². The zero-order valence-corrected chi connectivity index (χ0v) is 15.2. The highest BCUT2D eigenvalue weighted by molar-refractivity contribution is 6.31. The maximum absolute atomic E-state index is 6.19. The summed E-state index contributed by atoms with van der Waals surface area (Å²) in [6, 6.07) is 10.7. The van der Waals surface area contributed by atoms with E-state index in [0.29, 0.717) is 6.04 Å². The van der Waals surface area contributed by atoms with Gasteiger partial charge < -0.3 is 9.73 Å². The predicted molar refractivity (Wildman–Crippen MR) is 99.5 cm³/mol. The molecule has 0 spiro atoms. The summed E-state index contributed by atoms with van der Waals surface area (Å²) in [6.07, 6.45) is 8.06. The van der Waals surface area contributed by atoms with E-state index < -0.39 is 0 Å². The summed E-state index contributed by atoms with van der Waals surface area (Å²) in [5, 5.41) is 4.43. The van der Waals surface area contributed by atoms with Gasteiger partial charge >= 0.3 is 0 Å². The van der Waals surface area contributed by atoms with Crippen LogP contribution in [0.5, 0.6) is 0 Å². The lowest BCUT2D eigenvalue weighted by Crippen LogP contribution is -2.27. The number of hydrogen-bond acceptors (Lipinski definition) is 2. The van der Waals surface area contributed by atoms with Crippen molar-refractivity contribution in [1.82, 2.24) is 5.32 Å². The molecule has 1 saturated carbocycles. The fraction of sp³-hybridized carbons (Fsp3) is 0.474. The van der Waals surface area contributed by atoms with E-state index in [1.165, 1.54) is 38.5 Å². The molecule has 0 unspecified atom stereocenters. The first kappa shape index (κ1) is 18.4. The minimum atomic E-state index is 0. The van der Waals surface area contributed by atoms with Gasteiger partial charge in [-0.1, -0.05) is 49.4 Å². The summed E-state index contributed by atoms with van der Waals surface area (Å²) >= 11 is 6.19. The van der Waals surface area contributed by atoms with Crippen LogP contribution in [-0.4, -0.2) is 6.04 Å². The predicted octanol–water partition coefficient (Wildman–Crippen LogP) is 6.14. The van der Waals surface area contributed by atoms with Crippen molar-refractivity contribution in [1.29, 1.82) is 0 Å². The normalized spacial score (nSPS) is 15.9. The molecule has 4 heteroatoms. The third kappa shape index (κ3) is 4.76. The van der Waals surface area contributed by atoms with Gasteiger partial charge in [-0.15, -0.1) is 12.4 Å². The average molecular weight is 354 g/mol. The molecule has 0 aliphatic heterocycles. The van der Waals surface area contributed by atoms with E-state index >= 15 is 0 Å². The number of benzene rings is 1. The molecule has 126 valence electrons. The van der Waals surface area contributed by atoms with Gasteiger partial charge in [-0.25, -0.2) is 0 Å². The standard InChI is InChI=1S/C19H24ClNO.ClH/c1-14-17(9-6-10-18(14)20)19-12-11-16(22-19)13-21-15-7-4-2-3-5-8-15;/h6,9-12,15,21H,2-5,7-8,13H2,1H3;1H. The van der Waals surface area contributed by atoms with Gasteiger partial charge in [0, 0.05) is 16.6 Å². The Hall–Kier alpha value is -0.960. The zero-order chi connectivity index (χ0) is 15.4. The third-order valence-electron chi connectivity index (χ3n) is 4.61. The van der Waals surface area contributed by atoms with Crippen LogP contribution in [0.15, 0.2) is 34.7 Å². The number of furan rings is 1. The summed E-state index contributed by atoms with van der Waals surface area (Å²) in [5.41, 5.74) is 2.15. The first-order valence-electron chi connectivity index (χ1n) is 8.31. The molecule has 2 nitrogen and oxygen atoms in total. The molecule has 1 fully saturated rings. The minimum Gasteiger partial charge on any atom is -0.460 e. The minimum absolute atomic E-state index is 0. The second-order valence-corrected chi connectivity index (χ2v) is 6.65. The Kier molecular flexibility index (Phi) is 7.01. The molecule has 3 rings (SSSR count). The third-order valence-corrected chi connectivity index (χ3v) is 5.02. The van der Waals surface area contributed by atoms with Crippen LogP contribution in [0.4, 0.5) is 0 Å². The molecule has 1 heterocycles. The number of nitrogens with one attached hydrogen (secondary N) is 1. The molecule has 1 N–H and O–H groups in total. The molecule has 1 aromatic heterocycles. The molecule has 23 heavy (non-hydrogen) atoms. The van der Waals surface area contributed by atoms with Crippen LogP contribution in [0.25, 0.3) is 11.3 Å². The van der Waals surface area contributed by atoms with E-state index in [-0.39, 0.29) is 12.4 Å². The monoisotopic (exact) mass is 353 g/mol. The van der Waals surface area contributed by atoms with E-state index in [1.807, 2.05) is 25.1 Å².